The molecule has 1 aromatic carbocycles. The van der Waals surface area contributed by atoms with E-state index in [-0.39, 0.29) is 24.1 Å². The molecule has 0 bridgehead atoms. The number of aromatic nitrogens is 1. The van der Waals surface area contributed by atoms with E-state index in [1.165, 1.54) is 30.6 Å². The molecule has 4 heterocycles. The van der Waals surface area contributed by atoms with Crippen LogP contribution in [0.15, 0.2) is 18.2 Å². The number of nitrogens with one attached hydrogen (secondary N) is 3. The summed E-state index contributed by atoms with van der Waals surface area (Å²) in [4.78, 5) is 42.8. The number of hydrogen-bond donors (Lipinski definition) is 3. The van der Waals surface area contributed by atoms with Gasteiger partial charge in [-0.1, -0.05) is 6.07 Å². The quantitative estimate of drug-likeness (QED) is 0.488. The van der Waals surface area contributed by atoms with Crippen LogP contribution in [-0.4, -0.2) is 47.1 Å². The molecule has 7 heteroatoms. The maximum absolute atomic E-state index is 12.8. The van der Waals surface area contributed by atoms with Crippen molar-refractivity contribution in [1.82, 2.24) is 15.2 Å². The molecule has 1 unspecified atom stereocenters. The Bertz CT molecular complexity index is 1210. The van der Waals surface area contributed by atoms with Gasteiger partial charge in [-0.15, -0.1) is 0 Å². The van der Waals surface area contributed by atoms with Gasteiger partial charge in [-0.05, 0) is 73.4 Å². The van der Waals surface area contributed by atoms with Crippen LogP contribution in [0.2, 0.25) is 0 Å². The molecule has 1 aromatic heterocycles. The smallest absolute Gasteiger partial charge is 0.256 e. The van der Waals surface area contributed by atoms with E-state index in [4.69, 9.17) is 0 Å². The fourth-order valence-corrected chi connectivity index (χ4v) is 5.70. The predicted molar refractivity (Wildman–Crippen MR) is 125 cm³/mol. The molecular formula is C26H28N4O3. The number of ketones is 1. The van der Waals surface area contributed by atoms with Gasteiger partial charge in [-0.2, -0.15) is 0 Å². The van der Waals surface area contributed by atoms with E-state index in [1.54, 1.807) is 0 Å². The fraction of sp³-hybridized carbons (Fsp3) is 0.423. The van der Waals surface area contributed by atoms with Crippen LogP contribution in [0.5, 0.6) is 0 Å². The van der Waals surface area contributed by atoms with Crippen molar-refractivity contribution in [2.75, 3.05) is 25.0 Å². The first-order valence-electron chi connectivity index (χ1n) is 11.7. The Labute approximate surface area is 192 Å². The van der Waals surface area contributed by atoms with Gasteiger partial charge in [0.05, 0.1) is 12.1 Å². The Morgan fingerprint density at radius 2 is 1.91 bits per heavy atom. The zero-order chi connectivity index (χ0) is 22.9. The molecule has 7 nitrogen and oxygen atoms in total. The zero-order valence-electron chi connectivity index (χ0n) is 19.0. The highest BCUT2D eigenvalue weighted by molar-refractivity contribution is 6.35. The van der Waals surface area contributed by atoms with Gasteiger partial charge in [-0.3, -0.25) is 19.3 Å². The monoisotopic (exact) mass is 444 g/mol. The van der Waals surface area contributed by atoms with Crippen LogP contribution in [0.3, 0.4) is 0 Å². The average molecular weight is 445 g/mol. The second-order valence-electron chi connectivity index (χ2n) is 10.1. The van der Waals surface area contributed by atoms with Crippen molar-refractivity contribution in [3.8, 4) is 0 Å². The summed E-state index contributed by atoms with van der Waals surface area (Å²) in [7, 11) is 0. The van der Waals surface area contributed by atoms with Crippen molar-refractivity contribution in [3.63, 3.8) is 0 Å². The van der Waals surface area contributed by atoms with Gasteiger partial charge in [0.25, 0.3) is 5.91 Å². The van der Waals surface area contributed by atoms with Gasteiger partial charge in [0, 0.05) is 42.3 Å². The summed E-state index contributed by atoms with van der Waals surface area (Å²) in [6, 6.07) is 5.67. The maximum Gasteiger partial charge on any atom is 0.256 e. The lowest BCUT2D eigenvalue weighted by Gasteiger charge is -2.17. The number of H-pyrrole nitrogens is 1. The molecule has 2 saturated heterocycles. The number of hydrogen-bond acceptors (Lipinski definition) is 4. The van der Waals surface area contributed by atoms with Gasteiger partial charge in [0.2, 0.25) is 5.91 Å². The van der Waals surface area contributed by atoms with Gasteiger partial charge in [0.1, 0.15) is 5.92 Å². The lowest BCUT2D eigenvalue weighted by atomic mass is 9.94. The lowest BCUT2D eigenvalue weighted by Crippen LogP contribution is -2.22. The Kier molecular flexibility index (Phi) is 4.59. The van der Waals surface area contributed by atoms with Crippen molar-refractivity contribution in [1.29, 1.82) is 0 Å². The van der Waals surface area contributed by atoms with Crippen molar-refractivity contribution in [3.05, 3.63) is 51.8 Å². The first-order chi connectivity index (χ1) is 15.9. The Balaban J connectivity index is 1.28. The molecule has 4 aliphatic rings. The number of piperidine rings is 1. The van der Waals surface area contributed by atoms with Crippen molar-refractivity contribution in [2.45, 2.75) is 33.2 Å². The SMILES string of the molecule is Cc1[nH]c(C=C2C(=O)Nc3ccc(CC4C(=O)CNC4=O)cc32)c(C)c1CN1C[C@H]2C[C@H]2C1. The summed E-state index contributed by atoms with van der Waals surface area (Å²) in [5.74, 6) is 0.739. The van der Waals surface area contributed by atoms with E-state index >= 15 is 0 Å². The number of aromatic amines is 1. The minimum atomic E-state index is -0.645. The van der Waals surface area contributed by atoms with E-state index in [0.717, 1.165) is 46.6 Å². The summed E-state index contributed by atoms with van der Waals surface area (Å²) in [5.41, 5.74) is 7.67. The number of nitrogens with zero attached hydrogens (tertiary/aromatic N) is 1. The summed E-state index contributed by atoms with van der Waals surface area (Å²) in [5, 5.41) is 5.55. The molecule has 0 radical (unpaired) electrons. The number of amides is 2. The zero-order valence-corrected chi connectivity index (χ0v) is 19.0. The molecule has 33 heavy (non-hydrogen) atoms. The number of aryl methyl sites for hydroxylation is 1. The highest BCUT2D eigenvalue weighted by Gasteiger charge is 2.45. The number of carbonyl (C=O) groups excluding carboxylic acids is 3. The number of benzene rings is 1. The van der Waals surface area contributed by atoms with E-state index in [9.17, 15) is 14.4 Å². The van der Waals surface area contributed by atoms with Gasteiger partial charge in [-0.25, -0.2) is 0 Å². The highest BCUT2D eigenvalue weighted by atomic mass is 16.2. The topological polar surface area (TPSA) is 94.3 Å². The third-order valence-corrected chi connectivity index (χ3v) is 7.81. The fourth-order valence-electron chi connectivity index (χ4n) is 5.70. The average Bonchev–Trinajstić information content (AvgIpc) is 3.00. The second kappa shape index (κ2) is 7.42. The molecule has 3 aliphatic heterocycles. The van der Waals surface area contributed by atoms with Crippen LogP contribution < -0.4 is 10.6 Å². The number of rotatable bonds is 5. The van der Waals surface area contributed by atoms with E-state index in [0.29, 0.717) is 12.0 Å². The van der Waals surface area contributed by atoms with E-state index in [1.807, 2.05) is 24.3 Å². The third kappa shape index (κ3) is 3.51. The number of anilines is 1. The first-order valence-corrected chi connectivity index (χ1v) is 11.7. The van der Waals surface area contributed by atoms with Crippen LogP contribution >= 0.6 is 0 Å². The Hall–Kier alpha value is -3.19. The summed E-state index contributed by atoms with van der Waals surface area (Å²) < 4.78 is 0. The molecule has 6 rings (SSSR count). The van der Waals surface area contributed by atoms with Crippen LogP contribution in [0.4, 0.5) is 5.69 Å². The second-order valence-corrected chi connectivity index (χ2v) is 10.1. The van der Waals surface area contributed by atoms with E-state index in [2.05, 4.69) is 34.4 Å². The summed E-state index contributed by atoms with van der Waals surface area (Å²) in [6.45, 7) is 7.68. The largest absolute Gasteiger partial charge is 0.359 e. The summed E-state index contributed by atoms with van der Waals surface area (Å²) in [6.07, 6.45) is 3.68. The highest BCUT2D eigenvalue weighted by Crippen LogP contribution is 2.45. The lowest BCUT2D eigenvalue weighted by molar-refractivity contribution is -0.127. The standard InChI is InChI=1S/C26H28N4O3/c1-13-21(12-30-10-16-7-17(16)11-30)14(2)28-23(13)8-19-18-5-15(3-4-22(18)29-26(19)33)6-20-24(31)9-27-25(20)32/h3-5,8,16-17,20,28H,6-7,9-12H2,1-2H3,(H,27,32)(H,29,33)/t16-,17+,20?. The molecule has 170 valence electrons. The molecule has 1 aliphatic carbocycles. The normalized spacial score (nSPS) is 27.2. The molecule has 3 atom stereocenters. The predicted octanol–water partition coefficient (Wildman–Crippen LogP) is 2.43. The maximum atomic E-state index is 12.8. The van der Waals surface area contributed by atoms with Crippen molar-refractivity contribution < 1.29 is 14.4 Å². The molecule has 0 spiro atoms. The number of likely N-dealkylation sites (tertiary alicyclic amines) is 1. The van der Waals surface area contributed by atoms with Crippen molar-refractivity contribution in [2.24, 2.45) is 17.8 Å². The number of carbonyl (C=O) groups is 3. The molecule has 3 N–H and O–H groups in total. The molecule has 1 saturated carbocycles. The van der Waals surface area contributed by atoms with Crippen LogP contribution in [0, 0.1) is 31.6 Å². The van der Waals surface area contributed by atoms with Crippen LogP contribution in [0.25, 0.3) is 11.6 Å². The van der Waals surface area contributed by atoms with Gasteiger partial charge in [0.15, 0.2) is 5.78 Å². The van der Waals surface area contributed by atoms with Crippen LogP contribution in [0.1, 0.15) is 40.1 Å². The molecular weight excluding hydrogens is 416 g/mol. The van der Waals surface area contributed by atoms with E-state index < -0.39 is 5.92 Å². The summed E-state index contributed by atoms with van der Waals surface area (Å²) >= 11 is 0. The van der Waals surface area contributed by atoms with Crippen molar-refractivity contribution >= 4 is 34.9 Å². The minimum Gasteiger partial charge on any atom is -0.359 e. The third-order valence-electron chi connectivity index (χ3n) is 7.81. The number of Topliss-reactive ketones (excluding diaryl/α,β-unsaturated/α-hetero) is 1. The number of fused-ring (bicyclic) bond motifs is 2. The minimum absolute atomic E-state index is 0.0780. The molecule has 3 fully saturated rings. The van der Waals surface area contributed by atoms with Crippen LogP contribution in [-0.2, 0) is 27.3 Å². The van der Waals surface area contributed by atoms with Gasteiger partial charge >= 0.3 is 0 Å². The Morgan fingerprint density at radius 3 is 2.64 bits per heavy atom. The van der Waals surface area contributed by atoms with Gasteiger partial charge < -0.3 is 15.6 Å². The Morgan fingerprint density at radius 1 is 1.12 bits per heavy atom. The molecule has 2 amide bonds. The molecule has 2 aromatic rings. The first kappa shape index (κ1) is 20.4.